The minimum absolute atomic E-state index is 0.0300. The molecule has 2 aromatic carbocycles. The van der Waals surface area contributed by atoms with Crippen LogP contribution in [0, 0.1) is 5.92 Å². The third kappa shape index (κ3) is 5.33. The van der Waals surface area contributed by atoms with Crippen LogP contribution in [-0.4, -0.2) is 23.9 Å². The maximum atomic E-state index is 12.8. The quantitative estimate of drug-likeness (QED) is 0.760. The van der Waals surface area contributed by atoms with Gasteiger partial charge in [-0.2, -0.15) is 0 Å². The van der Waals surface area contributed by atoms with E-state index in [9.17, 15) is 4.79 Å². The van der Waals surface area contributed by atoms with Gasteiger partial charge in [0.1, 0.15) is 0 Å². The number of aryl methyl sites for hydroxylation is 1. The van der Waals surface area contributed by atoms with Crippen LogP contribution >= 0.6 is 11.6 Å². The Kier molecular flexibility index (Phi) is 6.92. The van der Waals surface area contributed by atoms with E-state index in [1.165, 1.54) is 5.56 Å². The van der Waals surface area contributed by atoms with E-state index in [-0.39, 0.29) is 17.9 Å². The monoisotopic (exact) mass is 384 g/mol. The summed E-state index contributed by atoms with van der Waals surface area (Å²) in [6.45, 7) is 6.82. The molecule has 0 unspecified atom stereocenters. The Hall–Kier alpha value is -1.84. The number of halogens is 1. The number of hydrogen-bond acceptors (Lipinski definition) is 2. The van der Waals surface area contributed by atoms with Crippen molar-refractivity contribution in [2.75, 3.05) is 13.1 Å². The zero-order valence-electron chi connectivity index (χ0n) is 16.2. The van der Waals surface area contributed by atoms with E-state index in [1.54, 1.807) is 0 Å². The second kappa shape index (κ2) is 9.38. The average molecular weight is 385 g/mol. The van der Waals surface area contributed by atoms with Crippen LogP contribution in [0.1, 0.15) is 49.4 Å². The molecule has 2 aromatic rings. The number of carbonyl (C=O) groups excluding carboxylic acids is 1. The highest BCUT2D eigenvalue weighted by atomic mass is 35.5. The van der Waals surface area contributed by atoms with Gasteiger partial charge in [-0.1, -0.05) is 61.0 Å². The molecule has 1 fully saturated rings. The molecule has 1 N–H and O–H groups in total. The molecule has 144 valence electrons. The van der Waals surface area contributed by atoms with E-state index in [2.05, 4.69) is 54.4 Å². The van der Waals surface area contributed by atoms with Crippen LogP contribution in [0.5, 0.6) is 0 Å². The molecule has 2 atom stereocenters. The molecule has 4 heteroatoms. The third-order valence-electron chi connectivity index (χ3n) is 5.47. The largest absolute Gasteiger partial charge is 0.349 e. The van der Waals surface area contributed by atoms with Gasteiger partial charge in [-0.15, -0.1) is 0 Å². The van der Waals surface area contributed by atoms with Gasteiger partial charge in [0.2, 0.25) is 5.91 Å². The Morgan fingerprint density at radius 3 is 2.67 bits per heavy atom. The molecule has 0 aromatic heterocycles. The molecule has 1 aliphatic rings. The summed E-state index contributed by atoms with van der Waals surface area (Å²) in [4.78, 5) is 15.1. The molecule has 0 radical (unpaired) electrons. The van der Waals surface area contributed by atoms with Crippen molar-refractivity contribution in [2.45, 2.75) is 45.7 Å². The number of rotatable bonds is 6. The van der Waals surface area contributed by atoms with Crippen LogP contribution < -0.4 is 5.32 Å². The molecule has 1 aliphatic heterocycles. The molecule has 3 nitrogen and oxygen atoms in total. The highest BCUT2D eigenvalue weighted by Crippen LogP contribution is 2.23. The zero-order valence-corrected chi connectivity index (χ0v) is 17.0. The molecule has 3 rings (SSSR count). The van der Waals surface area contributed by atoms with Crippen LogP contribution in [0.15, 0.2) is 48.5 Å². The van der Waals surface area contributed by atoms with Crippen molar-refractivity contribution in [3.05, 3.63) is 70.2 Å². The van der Waals surface area contributed by atoms with Crippen LogP contribution in [0.4, 0.5) is 0 Å². The molecule has 0 bridgehead atoms. The number of nitrogens with one attached hydrogen (secondary N) is 1. The summed E-state index contributed by atoms with van der Waals surface area (Å²) >= 11 is 6.29. The lowest BCUT2D eigenvalue weighted by molar-refractivity contribution is -0.127. The van der Waals surface area contributed by atoms with Gasteiger partial charge in [-0.05, 0) is 55.5 Å². The van der Waals surface area contributed by atoms with Crippen molar-refractivity contribution in [3.63, 3.8) is 0 Å². The van der Waals surface area contributed by atoms with E-state index < -0.39 is 0 Å². The predicted molar refractivity (Wildman–Crippen MR) is 112 cm³/mol. The molecule has 1 saturated heterocycles. The number of benzene rings is 2. The number of likely N-dealkylation sites (tertiary alicyclic amines) is 1. The number of amides is 1. The normalized spacial score (nSPS) is 18.9. The van der Waals surface area contributed by atoms with E-state index in [4.69, 9.17) is 11.6 Å². The second-order valence-corrected chi connectivity index (χ2v) is 7.90. The first kappa shape index (κ1) is 19.9. The maximum Gasteiger partial charge on any atom is 0.224 e. The molecule has 0 aliphatic carbocycles. The first-order chi connectivity index (χ1) is 13.1. The van der Waals surface area contributed by atoms with Gasteiger partial charge in [-0.3, -0.25) is 9.69 Å². The van der Waals surface area contributed by atoms with Gasteiger partial charge < -0.3 is 5.32 Å². The van der Waals surface area contributed by atoms with Gasteiger partial charge >= 0.3 is 0 Å². The molecular formula is C23H29ClN2O. The highest BCUT2D eigenvalue weighted by Gasteiger charge is 2.27. The summed E-state index contributed by atoms with van der Waals surface area (Å²) in [5.41, 5.74) is 3.61. The summed E-state index contributed by atoms with van der Waals surface area (Å²) in [6.07, 6.45) is 3.03. The SMILES string of the molecule is CCc1ccc([C@H](C)NC(=O)[C@H]2CCCN(Cc3ccccc3Cl)C2)cc1. The highest BCUT2D eigenvalue weighted by molar-refractivity contribution is 6.31. The van der Waals surface area contributed by atoms with Gasteiger partial charge in [0, 0.05) is 18.1 Å². The molecule has 27 heavy (non-hydrogen) atoms. The number of piperidine rings is 1. The Morgan fingerprint density at radius 1 is 1.22 bits per heavy atom. The standard InChI is InChI=1S/C23H29ClN2O/c1-3-18-10-12-19(13-11-18)17(2)25-23(27)21-8-6-14-26(16-21)15-20-7-4-5-9-22(20)24/h4-5,7,9-13,17,21H,3,6,8,14-16H2,1-2H3,(H,25,27)/t17-,21-/m0/s1. The van der Waals surface area contributed by atoms with Crippen LogP contribution in [0.3, 0.4) is 0 Å². The number of hydrogen-bond donors (Lipinski definition) is 1. The molecule has 0 spiro atoms. The van der Waals surface area contributed by atoms with Crippen LogP contribution in [0.25, 0.3) is 0 Å². The Morgan fingerprint density at radius 2 is 1.96 bits per heavy atom. The minimum atomic E-state index is 0.0300. The third-order valence-corrected chi connectivity index (χ3v) is 5.84. The first-order valence-electron chi connectivity index (χ1n) is 9.91. The van der Waals surface area contributed by atoms with Crippen molar-refractivity contribution in [1.29, 1.82) is 0 Å². The summed E-state index contributed by atoms with van der Waals surface area (Å²) in [5.74, 6) is 0.199. The van der Waals surface area contributed by atoms with Crippen molar-refractivity contribution in [3.8, 4) is 0 Å². The number of nitrogens with zero attached hydrogens (tertiary/aromatic N) is 1. The average Bonchev–Trinajstić information content (AvgIpc) is 2.70. The van der Waals surface area contributed by atoms with Gasteiger partial charge in [-0.25, -0.2) is 0 Å². The van der Waals surface area contributed by atoms with Crippen molar-refractivity contribution < 1.29 is 4.79 Å². The first-order valence-corrected chi connectivity index (χ1v) is 10.3. The van der Waals surface area contributed by atoms with Gasteiger partial charge in [0.25, 0.3) is 0 Å². The summed E-state index contributed by atoms with van der Waals surface area (Å²) in [5, 5.41) is 4.01. The minimum Gasteiger partial charge on any atom is -0.349 e. The fourth-order valence-corrected chi connectivity index (χ4v) is 3.93. The Balaban J connectivity index is 1.56. The second-order valence-electron chi connectivity index (χ2n) is 7.49. The fourth-order valence-electron chi connectivity index (χ4n) is 3.74. The molecular weight excluding hydrogens is 356 g/mol. The Labute approximate surface area is 167 Å². The summed E-state index contributed by atoms with van der Waals surface area (Å²) in [7, 11) is 0. The van der Waals surface area contributed by atoms with E-state index in [1.807, 2.05) is 18.2 Å². The summed E-state index contributed by atoms with van der Waals surface area (Å²) in [6, 6.07) is 16.5. The lowest BCUT2D eigenvalue weighted by Gasteiger charge is -2.32. The number of carbonyl (C=O) groups is 1. The van der Waals surface area contributed by atoms with E-state index in [0.29, 0.717) is 0 Å². The Bertz CT molecular complexity index is 759. The molecule has 1 amide bonds. The van der Waals surface area contributed by atoms with Crippen molar-refractivity contribution in [2.24, 2.45) is 5.92 Å². The van der Waals surface area contributed by atoms with E-state index >= 15 is 0 Å². The van der Waals surface area contributed by atoms with Crippen LogP contribution in [0.2, 0.25) is 5.02 Å². The van der Waals surface area contributed by atoms with Crippen LogP contribution in [-0.2, 0) is 17.8 Å². The topological polar surface area (TPSA) is 32.3 Å². The maximum absolute atomic E-state index is 12.8. The van der Waals surface area contributed by atoms with Gasteiger partial charge in [0.05, 0.1) is 12.0 Å². The van der Waals surface area contributed by atoms with E-state index in [0.717, 1.165) is 55.0 Å². The van der Waals surface area contributed by atoms with Crippen molar-refractivity contribution >= 4 is 17.5 Å². The van der Waals surface area contributed by atoms with Gasteiger partial charge in [0.15, 0.2) is 0 Å². The fraction of sp³-hybridized carbons (Fsp3) is 0.435. The molecule has 1 heterocycles. The predicted octanol–water partition coefficient (Wildman–Crippen LogP) is 4.99. The smallest absolute Gasteiger partial charge is 0.224 e. The lowest BCUT2D eigenvalue weighted by atomic mass is 9.95. The molecule has 0 saturated carbocycles. The van der Waals surface area contributed by atoms with Crippen molar-refractivity contribution in [1.82, 2.24) is 10.2 Å². The zero-order chi connectivity index (χ0) is 19.2. The summed E-state index contributed by atoms with van der Waals surface area (Å²) < 4.78 is 0. The lowest BCUT2D eigenvalue weighted by Crippen LogP contribution is -2.43.